The van der Waals surface area contributed by atoms with E-state index in [1.54, 1.807) is 24.3 Å². The zero-order valence-electron chi connectivity index (χ0n) is 16.1. The Morgan fingerprint density at radius 1 is 1.18 bits per heavy atom. The molecule has 2 N–H and O–H groups in total. The van der Waals surface area contributed by atoms with Gasteiger partial charge in [-0.1, -0.05) is 24.3 Å². The lowest BCUT2D eigenvalue weighted by atomic mass is 10.1. The van der Waals surface area contributed by atoms with Crippen molar-refractivity contribution in [2.24, 2.45) is 0 Å². The maximum atomic E-state index is 12.5. The molecule has 0 fully saturated rings. The Morgan fingerprint density at radius 2 is 1.93 bits per heavy atom. The Hall–Kier alpha value is -3.35. The molecule has 0 saturated heterocycles. The number of carbonyl (C=O) groups excluding carboxylic acids is 3. The summed E-state index contributed by atoms with van der Waals surface area (Å²) in [5.74, 6) is -0.505. The minimum atomic E-state index is -0.924. The predicted molar refractivity (Wildman–Crippen MR) is 106 cm³/mol. The standard InChI is InChI=1S/C21H23N3O4/c1-13-8-9-14(2)16(10-13)22-19(25)12-24(3)20(26)11-18-21(27)23-15-6-4-5-7-17(15)28-18/h4-10,18H,11-12H2,1-3H3,(H,22,25)(H,23,27)/t18-/m1/s1. The van der Waals surface area contributed by atoms with E-state index in [-0.39, 0.29) is 30.7 Å². The highest BCUT2D eigenvalue weighted by molar-refractivity contribution is 6.00. The molecule has 1 atom stereocenters. The van der Waals surface area contributed by atoms with Gasteiger partial charge in [-0.15, -0.1) is 0 Å². The zero-order chi connectivity index (χ0) is 20.3. The van der Waals surface area contributed by atoms with Crippen LogP contribution < -0.4 is 15.4 Å². The van der Waals surface area contributed by atoms with Crippen molar-refractivity contribution >= 4 is 29.1 Å². The quantitative estimate of drug-likeness (QED) is 0.833. The fraction of sp³-hybridized carbons (Fsp3) is 0.286. The summed E-state index contributed by atoms with van der Waals surface area (Å²) in [4.78, 5) is 38.2. The van der Waals surface area contributed by atoms with Crippen LogP contribution in [-0.4, -0.2) is 42.3 Å². The Labute approximate surface area is 163 Å². The van der Waals surface area contributed by atoms with Gasteiger partial charge in [0.05, 0.1) is 18.7 Å². The van der Waals surface area contributed by atoms with E-state index < -0.39 is 6.10 Å². The predicted octanol–water partition coefficient (Wildman–Crippen LogP) is 2.49. The first-order valence-electron chi connectivity index (χ1n) is 9.01. The number of nitrogens with zero attached hydrogens (tertiary/aromatic N) is 1. The minimum absolute atomic E-state index is 0.114. The molecule has 146 valence electrons. The molecule has 2 aromatic rings. The summed E-state index contributed by atoms with van der Waals surface area (Å²) < 4.78 is 5.63. The van der Waals surface area contributed by atoms with E-state index in [1.807, 2.05) is 32.0 Å². The van der Waals surface area contributed by atoms with Crippen molar-refractivity contribution < 1.29 is 19.1 Å². The van der Waals surface area contributed by atoms with Gasteiger partial charge in [-0.25, -0.2) is 0 Å². The highest BCUT2D eigenvalue weighted by Gasteiger charge is 2.30. The average molecular weight is 381 g/mol. The number of hydrogen-bond donors (Lipinski definition) is 2. The fourth-order valence-corrected chi connectivity index (χ4v) is 2.91. The van der Waals surface area contributed by atoms with Gasteiger partial charge in [-0.3, -0.25) is 14.4 Å². The van der Waals surface area contributed by atoms with Crippen molar-refractivity contribution in [1.29, 1.82) is 0 Å². The van der Waals surface area contributed by atoms with Crippen molar-refractivity contribution in [3.8, 4) is 5.75 Å². The van der Waals surface area contributed by atoms with Crippen LogP contribution >= 0.6 is 0 Å². The number of anilines is 2. The number of carbonyl (C=O) groups is 3. The zero-order valence-corrected chi connectivity index (χ0v) is 16.1. The molecule has 0 aromatic heterocycles. The number of para-hydroxylation sites is 2. The molecule has 0 aliphatic carbocycles. The molecule has 28 heavy (non-hydrogen) atoms. The maximum Gasteiger partial charge on any atom is 0.266 e. The van der Waals surface area contributed by atoms with Gasteiger partial charge in [0.25, 0.3) is 5.91 Å². The molecule has 0 bridgehead atoms. The number of ether oxygens (including phenoxy) is 1. The molecular weight excluding hydrogens is 358 g/mol. The molecule has 7 nitrogen and oxygen atoms in total. The van der Waals surface area contributed by atoms with Crippen molar-refractivity contribution in [2.45, 2.75) is 26.4 Å². The van der Waals surface area contributed by atoms with Gasteiger partial charge in [-0.2, -0.15) is 0 Å². The highest BCUT2D eigenvalue weighted by atomic mass is 16.5. The first kappa shape index (κ1) is 19.4. The lowest BCUT2D eigenvalue weighted by molar-refractivity contribution is -0.137. The summed E-state index contributed by atoms with van der Waals surface area (Å²) in [5.41, 5.74) is 3.28. The molecule has 0 radical (unpaired) electrons. The molecule has 0 spiro atoms. The largest absolute Gasteiger partial charge is 0.478 e. The fourth-order valence-electron chi connectivity index (χ4n) is 2.91. The number of hydrogen-bond acceptors (Lipinski definition) is 4. The minimum Gasteiger partial charge on any atom is -0.478 e. The maximum absolute atomic E-state index is 12.5. The van der Waals surface area contributed by atoms with Gasteiger partial charge >= 0.3 is 0 Å². The molecular formula is C21H23N3O4. The number of rotatable bonds is 5. The first-order chi connectivity index (χ1) is 13.3. The second-order valence-corrected chi connectivity index (χ2v) is 6.91. The van der Waals surface area contributed by atoms with Crippen molar-refractivity contribution in [3.05, 3.63) is 53.6 Å². The number of aryl methyl sites for hydroxylation is 2. The Kier molecular flexibility index (Phi) is 5.63. The van der Waals surface area contributed by atoms with Crippen LogP contribution in [0.5, 0.6) is 5.75 Å². The van der Waals surface area contributed by atoms with Gasteiger partial charge in [0.1, 0.15) is 5.75 Å². The van der Waals surface area contributed by atoms with Gasteiger partial charge in [0.15, 0.2) is 6.10 Å². The number of likely N-dealkylation sites (N-methyl/N-ethyl adjacent to an activating group) is 1. The smallest absolute Gasteiger partial charge is 0.266 e. The van der Waals surface area contributed by atoms with E-state index in [0.717, 1.165) is 16.8 Å². The van der Waals surface area contributed by atoms with E-state index in [4.69, 9.17) is 4.74 Å². The van der Waals surface area contributed by atoms with E-state index in [2.05, 4.69) is 10.6 Å². The summed E-state index contributed by atoms with van der Waals surface area (Å²) in [6, 6.07) is 12.8. The van der Waals surface area contributed by atoms with Gasteiger partial charge < -0.3 is 20.3 Å². The topological polar surface area (TPSA) is 87.7 Å². The van der Waals surface area contributed by atoms with Crippen LogP contribution in [0.25, 0.3) is 0 Å². The van der Waals surface area contributed by atoms with Crippen LogP contribution in [0.3, 0.4) is 0 Å². The summed E-state index contributed by atoms with van der Waals surface area (Å²) in [7, 11) is 1.53. The van der Waals surface area contributed by atoms with Crippen LogP contribution in [-0.2, 0) is 14.4 Å². The molecule has 7 heteroatoms. The van der Waals surface area contributed by atoms with Crippen molar-refractivity contribution in [1.82, 2.24) is 4.90 Å². The first-order valence-corrected chi connectivity index (χ1v) is 9.01. The van der Waals surface area contributed by atoms with Crippen LogP contribution in [0, 0.1) is 13.8 Å². The molecule has 3 rings (SSSR count). The molecule has 2 aromatic carbocycles. The van der Waals surface area contributed by atoms with Gasteiger partial charge in [-0.05, 0) is 43.2 Å². The van der Waals surface area contributed by atoms with E-state index >= 15 is 0 Å². The Balaban J connectivity index is 1.56. The molecule has 0 saturated carbocycles. The summed E-state index contributed by atoms with van der Waals surface area (Å²) >= 11 is 0. The average Bonchev–Trinajstić information content (AvgIpc) is 2.65. The summed E-state index contributed by atoms with van der Waals surface area (Å²) in [6.45, 7) is 3.73. The second kappa shape index (κ2) is 8.12. The van der Waals surface area contributed by atoms with E-state index in [9.17, 15) is 14.4 Å². The monoisotopic (exact) mass is 381 g/mol. The van der Waals surface area contributed by atoms with Crippen LogP contribution in [0.15, 0.2) is 42.5 Å². The highest BCUT2D eigenvalue weighted by Crippen LogP contribution is 2.29. The third-order valence-electron chi connectivity index (χ3n) is 4.54. The molecule has 1 heterocycles. The summed E-state index contributed by atoms with van der Waals surface area (Å²) in [5, 5.41) is 5.54. The molecule has 3 amide bonds. The second-order valence-electron chi connectivity index (χ2n) is 6.91. The third-order valence-corrected chi connectivity index (χ3v) is 4.54. The van der Waals surface area contributed by atoms with Crippen LogP contribution in [0.2, 0.25) is 0 Å². The number of nitrogens with one attached hydrogen (secondary N) is 2. The van der Waals surface area contributed by atoms with Crippen molar-refractivity contribution in [3.63, 3.8) is 0 Å². The van der Waals surface area contributed by atoms with Crippen molar-refractivity contribution in [2.75, 3.05) is 24.2 Å². The molecule has 0 unspecified atom stereocenters. The number of benzene rings is 2. The molecule has 1 aliphatic heterocycles. The lowest BCUT2D eigenvalue weighted by Gasteiger charge is -2.26. The lowest BCUT2D eigenvalue weighted by Crippen LogP contribution is -2.43. The Bertz CT molecular complexity index is 926. The van der Waals surface area contributed by atoms with Crippen LogP contribution in [0.1, 0.15) is 17.5 Å². The van der Waals surface area contributed by atoms with Crippen LogP contribution in [0.4, 0.5) is 11.4 Å². The third kappa shape index (κ3) is 4.49. The van der Waals surface area contributed by atoms with E-state index in [1.165, 1.54) is 11.9 Å². The number of amides is 3. The van der Waals surface area contributed by atoms with Gasteiger partial charge in [0, 0.05) is 12.7 Å². The number of fused-ring (bicyclic) bond motifs is 1. The SMILES string of the molecule is Cc1ccc(C)c(NC(=O)CN(C)C(=O)C[C@H]2Oc3ccccc3NC2=O)c1. The normalized spacial score (nSPS) is 15.1. The van der Waals surface area contributed by atoms with E-state index in [0.29, 0.717) is 11.4 Å². The summed E-state index contributed by atoms with van der Waals surface area (Å²) in [6.07, 6.45) is -1.07. The Morgan fingerprint density at radius 3 is 2.71 bits per heavy atom. The molecule has 1 aliphatic rings. The van der Waals surface area contributed by atoms with Gasteiger partial charge in [0.2, 0.25) is 11.8 Å².